The van der Waals surface area contributed by atoms with E-state index in [4.69, 9.17) is 4.74 Å². The van der Waals surface area contributed by atoms with Gasteiger partial charge in [0.2, 0.25) is 17.6 Å². The van der Waals surface area contributed by atoms with Crippen molar-refractivity contribution in [3.05, 3.63) is 17.5 Å². The number of Topliss-reactive ketones (excluding diaryl/α,β-unsaturated/α-hetero) is 1. The Labute approximate surface area is 300 Å². The molecular weight excluding hydrogens is 685 g/mol. The molecule has 282 valence electrons. The summed E-state index contributed by atoms with van der Waals surface area (Å²) in [6.07, 6.45) is 0.172. The van der Waals surface area contributed by atoms with E-state index in [0.29, 0.717) is 6.54 Å². The van der Waals surface area contributed by atoms with Gasteiger partial charge < -0.3 is 30.9 Å². The van der Waals surface area contributed by atoms with Crippen molar-refractivity contribution in [1.29, 1.82) is 0 Å². The van der Waals surface area contributed by atoms with E-state index in [2.05, 4.69) is 21.3 Å². The van der Waals surface area contributed by atoms with Gasteiger partial charge in [-0.1, -0.05) is 68.4 Å². The maximum Gasteiger partial charge on any atom is 0.315 e. The second-order valence-corrected chi connectivity index (χ2v) is 19.2. The van der Waals surface area contributed by atoms with Gasteiger partial charge in [-0.3, -0.25) is 19.2 Å². The van der Waals surface area contributed by atoms with Gasteiger partial charge in [-0.25, -0.2) is 13.2 Å². The molecule has 1 aromatic heterocycles. The number of thiophene rings is 1. The molecule has 50 heavy (non-hydrogen) atoms. The molecule has 4 N–H and O–H groups in total. The van der Waals surface area contributed by atoms with Gasteiger partial charge in [0.25, 0.3) is 15.9 Å². The zero-order valence-corrected chi connectivity index (χ0v) is 32.8. The molecule has 0 bridgehead atoms. The minimum absolute atomic E-state index is 0.0141. The second kappa shape index (κ2) is 15.7. The first-order valence-electron chi connectivity index (χ1n) is 17.0. The van der Waals surface area contributed by atoms with Crippen LogP contribution in [-0.4, -0.2) is 112 Å². The predicted octanol–water partition coefficient (Wildman–Crippen LogP) is 2.21. The fourth-order valence-corrected chi connectivity index (χ4v) is 8.92. The summed E-state index contributed by atoms with van der Waals surface area (Å²) in [5.41, 5.74) is -1.56. The van der Waals surface area contributed by atoms with Crippen LogP contribution in [0, 0.1) is 28.1 Å². The van der Waals surface area contributed by atoms with Crippen LogP contribution in [0.2, 0.25) is 0 Å². The summed E-state index contributed by atoms with van der Waals surface area (Å²) in [5.74, 6) is -2.72. The number of ketones is 1. The smallest absolute Gasteiger partial charge is 0.315 e. The van der Waals surface area contributed by atoms with Crippen molar-refractivity contribution >= 4 is 50.9 Å². The lowest BCUT2D eigenvalue weighted by Crippen LogP contribution is -2.62. The number of nitrogens with one attached hydrogen (secondary N) is 4. The van der Waals surface area contributed by atoms with E-state index in [0.717, 1.165) is 11.3 Å². The van der Waals surface area contributed by atoms with Crippen molar-refractivity contribution in [2.45, 2.75) is 97.1 Å². The Bertz CT molecular complexity index is 1520. The number of carbonyl (C=O) groups excluding carboxylic acids is 5. The SMILES string of the molecule is CCC(NC(=O)[C@@H]1[C@@H]2[C@H](CN1C(=O)[C@@H](NC(=O)N[C@H](CN(C)S(=O)(=O)c1cccs1)C(C)(C)C)C(C)(C)C)C2(C)C)C(=O)C(=O)NCCOC. The number of carbonyl (C=O) groups is 5. The summed E-state index contributed by atoms with van der Waals surface area (Å²) in [5, 5.41) is 12.6. The number of hydrogen-bond donors (Lipinski definition) is 4. The first kappa shape index (κ1) is 41.3. The molecule has 2 heterocycles. The largest absolute Gasteiger partial charge is 0.383 e. The molecule has 0 radical (unpaired) electrons. The van der Waals surface area contributed by atoms with Gasteiger partial charge in [-0.2, -0.15) is 4.31 Å². The topological polar surface area (TPSA) is 183 Å². The highest BCUT2D eigenvalue weighted by molar-refractivity contribution is 7.91. The summed E-state index contributed by atoms with van der Waals surface area (Å²) in [7, 11) is -0.840. The van der Waals surface area contributed by atoms with E-state index >= 15 is 0 Å². The van der Waals surface area contributed by atoms with E-state index in [-0.39, 0.29) is 47.6 Å². The average Bonchev–Trinajstić information content (AvgIpc) is 3.47. The van der Waals surface area contributed by atoms with Crippen LogP contribution in [0.15, 0.2) is 21.7 Å². The summed E-state index contributed by atoms with van der Waals surface area (Å²) in [6.45, 7) is 17.5. The minimum Gasteiger partial charge on any atom is -0.383 e. The van der Waals surface area contributed by atoms with Crippen LogP contribution in [0.4, 0.5) is 4.79 Å². The zero-order valence-electron chi connectivity index (χ0n) is 31.2. The quantitative estimate of drug-likeness (QED) is 0.156. The predicted molar refractivity (Wildman–Crippen MR) is 191 cm³/mol. The number of nitrogens with zero attached hydrogens (tertiary/aromatic N) is 2. The van der Waals surface area contributed by atoms with Gasteiger partial charge in [-0.15, -0.1) is 11.3 Å². The second-order valence-electron chi connectivity index (χ2n) is 16.0. The van der Waals surface area contributed by atoms with Crippen LogP contribution >= 0.6 is 11.3 Å². The van der Waals surface area contributed by atoms with Crippen molar-refractivity contribution in [2.75, 3.05) is 40.4 Å². The van der Waals surface area contributed by atoms with Crippen LogP contribution in [-0.2, 0) is 33.9 Å². The Morgan fingerprint density at radius 3 is 2.22 bits per heavy atom. The molecule has 0 spiro atoms. The van der Waals surface area contributed by atoms with Crippen LogP contribution in [0.3, 0.4) is 0 Å². The average molecular weight is 741 g/mol. The Kier molecular flexibility index (Phi) is 12.9. The molecule has 5 amide bonds. The lowest BCUT2D eigenvalue weighted by molar-refractivity contribution is -0.145. The molecule has 1 unspecified atom stereocenters. The highest BCUT2D eigenvalue weighted by Crippen LogP contribution is 2.65. The number of urea groups is 1. The number of likely N-dealkylation sites (tertiary alicyclic amines) is 1. The third-order valence-electron chi connectivity index (χ3n) is 9.96. The maximum atomic E-state index is 14.4. The monoisotopic (exact) mass is 740 g/mol. The Morgan fingerprint density at radius 2 is 1.70 bits per heavy atom. The number of amides is 5. The fraction of sp³-hybridized carbons (Fsp3) is 0.735. The van der Waals surface area contributed by atoms with Crippen LogP contribution < -0.4 is 21.3 Å². The lowest BCUT2D eigenvalue weighted by Gasteiger charge is -2.39. The van der Waals surface area contributed by atoms with Crippen molar-refractivity contribution < 1.29 is 37.1 Å². The van der Waals surface area contributed by atoms with E-state index in [1.807, 2.05) is 55.4 Å². The number of sulfonamides is 1. The Hall–Kier alpha value is -3.08. The third kappa shape index (κ3) is 9.22. The highest BCUT2D eigenvalue weighted by Gasteiger charge is 2.70. The Morgan fingerprint density at radius 1 is 1.06 bits per heavy atom. The standard InChI is InChI=1S/C34H56N6O8S2/c1-12-21(26(41)29(43)35-15-16-48-11)36-28(42)25-24-20(34(24,8)9)18-40(25)30(44)27(33(5,6)7)38-31(45)37-22(32(2,3)4)19-39(10)50(46,47)23-14-13-17-49-23/h13-14,17,20-22,24-25,27H,12,15-16,18-19H2,1-11H3,(H,35,43)(H,36,42)(H2,37,38,45)/t20-,21?,22+,24-,25-,27+/m0/s1. The molecule has 1 aromatic rings. The number of likely N-dealkylation sites (N-methyl/N-ethyl adjacent to an activating group) is 1. The molecule has 2 fully saturated rings. The van der Waals surface area contributed by atoms with Gasteiger partial charge in [-0.05, 0) is 45.9 Å². The number of piperidine rings is 1. The molecular formula is C34H56N6O8S2. The summed E-state index contributed by atoms with van der Waals surface area (Å²) in [6, 6.07) is -1.14. The number of hydrogen-bond acceptors (Lipinski definition) is 9. The minimum atomic E-state index is -3.78. The van der Waals surface area contributed by atoms with Gasteiger partial charge >= 0.3 is 6.03 Å². The van der Waals surface area contributed by atoms with Gasteiger partial charge in [0.05, 0.1) is 12.6 Å². The molecule has 1 saturated carbocycles. The summed E-state index contributed by atoms with van der Waals surface area (Å²) in [4.78, 5) is 68.8. The number of rotatable bonds is 15. The third-order valence-corrected chi connectivity index (χ3v) is 13.2. The van der Waals surface area contributed by atoms with Crippen molar-refractivity contribution in [3.63, 3.8) is 0 Å². The number of methoxy groups -OCH3 is 1. The van der Waals surface area contributed by atoms with Gasteiger partial charge in [0.1, 0.15) is 16.3 Å². The number of fused-ring (bicyclic) bond motifs is 1. The van der Waals surface area contributed by atoms with E-state index in [1.54, 1.807) is 18.4 Å². The molecule has 3 rings (SSSR count). The Balaban J connectivity index is 1.80. The molecule has 1 aliphatic carbocycles. The molecule has 16 heteroatoms. The summed E-state index contributed by atoms with van der Waals surface area (Å²) < 4.78 is 32.6. The molecule has 1 aliphatic heterocycles. The van der Waals surface area contributed by atoms with Crippen molar-refractivity contribution in [1.82, 2.24) is 30.5 Å². The fourth-order valence-electron chi connectivity index (χ4n) is 6.54. The van der Waals surface area contributed by atoms with Crippen molar-refractivity contribution in [3.8, 4) is 0 Å². The van der Waals surface area contributed by atoms with Crippen LogP contribution in [0.1, 0.15) is 68.7 Å². The molecule has 6 atom stereocenters. The molecule has 2 aliphatic rings. The summed E-state index contributed by atoms with van der Waals surface area (Å²) >= 11 is 1.11. The van der Waals surface area contributed by atoms with Gasteiger partial charge in [0.15, 0.2) is 0 Å². The molecule has 1 saturated heterocycles. The van der Waals surface area contributed by atoms with Crippen molar-refractivity contribution in [2.24, 2.45) is 28.1 Å². The van der Waals surface area contributed by atoms with E-state index in [1.165, 1.54) is 29.4 Å². The first-order chi connectivity index (χ1) is 23.0. The van der Waals surface area contributed by atoms with Crippen LogP contribution in [0.25, 0.3) is 0 Å². The first-order valence-corrected chi connectivity index (χ1v) is 19.3. The van der Waals surface area contributed by atoms with Crippen LogP contribution in [0.5, 0.6) is 0 Å². The molecule has 0 aromatic carbocycles. The maximum absolute atomic E-state index is 14.4. The van der Waals surface area contributed by atoms with E-state index in [9.17, 15) is 32.4 Å². The highest BCUT2D eigenvalue weighted by atomic mass is 32.2. The normalized spacial score (nSPS) is 21.8. The molecule has 14 nitrogen and oxygen atoms in total. The van der Waals surface area contributed by atoms with E-state index < -0.39 is 74.6 Å². The lowest BCUT2D eigenvalue weighted by atomic mass is 9.85. The zero-order chi connectivity index (χ0) is 38.0. The van der Waals surface area contributed by atoms with Gasteiger partial charge in [0, 0.05) is 39.8 Å². The number of ether oxygens (including phenoxy) is 1.